The highest BCUT2D eigenvalue weighted by Crippen LogP contribution is 2.17. The number of furan rings is 1. The summed E-state index contributed by atoms with van der Waals surface area (Å²) in [5.74, 6) is 0.691. The van der Waals surface area contributed by atoms with Crippen LogP contribution in [0.1, 0.15) is 21.8 Å². The Bertz CT molecular complexity index is 863. The fourth-order valence-corrected chi connectivity index (χ4v) is 2.53. The molecule has 0 saturated heterocycles. The topological polar surface area (TPSA) is 94.0 Å². The molecule has 0 aliphatic carbocycles. The van der Waals surface area contributed by atoms with Gasteiger partial charge in [-0.15, -0.1) is 0 Å². The number of Topliss-reactive ketones (excluding diaryl/α,β-unsaturated/α-hetero) is 1. The number of nitrogens with two attached hydrogens (primary N) is 1. The van der Waals surface area contributed by atoms with E-state index in [1.54, 1.807) is 24.5 Å². The van der Waals surface area contributed by atoms with E-state index in [0.29, 0.717) is 22.8 Å². The Kier molecular flexibility index (Phi) is 4.90. The molecule has 24 heavy (non-hydrogen) atoms. The molecule has 3 aromatic rings. The summed E-state index contributed by atoms with van der Waals surface area (Å²) < 4.78 is 5.83. The third kappa shape index (κ3) is 3.99. The van der Waals surface area contributed by atoms with Gasteiger partial charge < -0.3 is 15.5 Å². The van der Waals surface area contributed by atoms with E-state index in [9.17, 15) is 4.79 Å². The molecule has 0 fully saturated rings. The van der Waals surface area contributed by atoms with Gasteiger partial charge in [0.1, 0.15) is 5.82 Å². The Morgan fingerprint density at radius 3 is 2.83 bits per heavy atom. The first-order valence-corrected chi connectivity index (χ1v) is 8.08. The van der Waals surface area contributed by atoms with Gasteiger partial charge in [0.2, 0.25) is 5.78 Å². The van der Waals surface area contributed by atoms with Gasteiger partial charge in [0.25, 0.3) is 0 Å². The fourth-order valence-electron chi connectivity index (χ4n) is 2.22. The first-order valence-electron chi connectivity index (χ1n) is 7.28. The molecular formula is C17H15BrN4O2. The van der Waals surface area contributed by atoms with Crippen molar-refractivity contribution in [1.29, 1.82) is 0 Å². The average Bonchev–Trinajstić information content (AvgIpc) is 3.01. The second-order valence-electron chi connectivity index (χ2n) is 5.15. The van der Waals surface area contributed by atoms with E-state index < -0.39 is 0 Å². The Balaban J connectivity index is 1.66. The monoisotopic (exact) mass is 386 g/mol. The molecule has 0 bridgehead atoms. The Morgan fingerprint density at radius 2 is 2.08 bits per heavy atom. The van der Waals surface area contributed by atoms with Crippen molar-refractivity contribution in [3.8, 4) is 0 Å². The van der Waals surface area contributed by atoms with E-state index >= 15 is 0 Å². The number of nitrogens with one attached hydrogen (secondary N) is 1. The molecule has 0 radical (unpaired) electrons. The van der Waals surface area contributed by atoms with Crippen molar-refractivity contribution in [2.75, 3.05) is 11.1 Å². The first-order chi connectivity index (χ1) is 11.6. The summed E-state index contributed by atoms with van der Waals surface area (Å²) in [5, 5.41) is 3.19. The van der Waals surface area contributed by atoms with E-state index in [1.165, 1.54) is 0 Å². The molecule has 122 valence electrons. The van der Waals surface area contributed by atoms with Crippen LogP contribution in [-0.2, 0) is 13.0 Å². The van der Waals surface area contributed by atoms with Gasteiger partial charge in [-0.05, 0) is 57.9 Å². The Morgan fingerprint density at radius 1 is 1.21 bits per heavy atom. The molecule has 0 amide bonds. The maximum absolute atomic E-state index is 12.2. The first kappa shape index (κ1) is 16.2. The molecule has 0 atom stereocenters. The lowest BCUT2D eigenvalue weighted by atomic mass is 10.1. The van der Waals surface area contributed by atoms with Gasteiger partial charge in [-0.1, -0.05) is 0 Å². The van der Waals surface area contributed by atoms with Crippen LogP contribution in [0, 0.1) is 0 Å². The van der Waals surface area contributed by atoms with Crippen LogP contribution in [-0.4, -0.2) is 15.8 Å². The number of rotatable bonds is 6. The Labute approximate surface area is 147 Å². The molecule has 3 heterocycles. The van der Waals surface area contributed by atoms with Gasteiger partial charge in [0.05, 0.1) is 17.9 Å². The summed E-state index contributed by atoms with van der Waals surface area (Å²) in [4.78, 5) is 20.5. The van der Waals surface area contributed by atoms with Crippen LogP contribution in [0.3, 0.4) is 0 Å². The number of aromatic nitrogens is 2. The maximum Gasteiger partial charge on any atom is 0.202 e. The molecule has 0 aliphatic rings. The highest BCUT2D eigenvalue weighted by Gasteiger charge is 2.12. The quantitative estimate of drug-likeness (QED) is 0.630. The largest absolute Gasteiger partial charge is 0.446 e. The van der Waals surface area contributed by atoms with E-state index in [2.05, 4.69) is 31.2 Å². The van der Waals surface area contributed by atoms with Crippen LogP contribution >= 0.6 is 15.9 Å². The van der Waals surface area contributed by atoms with Crippen LogP contribution < -0.4 is 11.1 Å². The van der Waals surface area contributed by atoms with Crippen LogP contribution in [0.2, 0.25) is 0 Å². The van der Waals surface area contributed by atoms with Gasteiger partial charge >= 0.3 is 0 Å². The number of hydrogen-bond donors (Lipinski definition) is 2. The summed E-state index contributed by atoms with van der Waals surface area (Å²) in [7, 11) is 0. The van der Waals surface area contributed by atoms with Crippen molar-refractivity contribution in [2.24, 2.45) is 0 Å². The second kappa shape index (κ2) is 7.27. The predicted molar refractivity (Wildman–Crippen MR) is 94.7 cm³/mol. The van der Waals surface area contributed by atoms with Crippen LogP contribution in [0.15, 0.2) is 57.9 Å². The SMILES string of the molecule is Nc1ncccc1NCc1cc(CC(=O)c2ccc(Br)o2)ccn1. The van der Waals surface area contributed by atoms with Gasteiger partial charge in [-0.25, -0.2) is 4.98 Å². The second-order valence-corrected chi connectivity index (χ2v) is 5.93. The normalized spacial score (nSPS) is 10.5. The van der Waals surface area contributed by atoms with E-state index in [1.807, 2.05) is 24.3 Å². The maximum atomic E-state index is 12.2. The van der Waals surface area contributed by atoms with Gasteiger partial charge in [-0.3, -0.25) is 9.78 Å². The van der Waals surface area contributed by atoms with Gasteiger partial charge in [-0.2, -0.15) is 0 Å². The van der Waals surface area contributed by atoms with Gasteiger partial charge in [0.15, 0.2) is 10.4 Å². The number of pyridine rings is 2. The Hall–Kier alpha value is -2.67. The van der Waals surface area contributed by atoms with Crippen molar-refractivity contribution in [3.05, 3.63) is 70.5 Å². The van der Waals surface area contributed by atoms with Crippen molar-refractivity contribution >= 4 is 33.2 Å². The van der Waals surface area contributed by atoms with Crippen LogP contribution in [0.4, 0.5) is 11.5 Å². The molecule has 0 saturated carbocycles. The van der Waals surface area contributed by atoms with Gasteiger partial charge in [0, 0.05) is 18.8 Å². The van der Waals surface area contributed by atoms with Crippen LogP contribution in [0.25, 0.3) is 0 Å². The molecule has 0 aromatic carbocycles. The standard InChI is InChI=1S/C17H15BrN4O2/c18-16-4-3-15(24-16)14(23)9-11-5-7-20-12(8-11)10-22-13-2-1-6-21-17(13)19/h1-8,22H,9-10H2,(H2,19,21). The number of halogens is 1. The smallest absolute Gasteiger partial charge is 0.202 e. The lowest BCUT2D eigenvalue weighted by molar-refractivity contribution is 0.0965. The van der Waals surface area contributed by atoms with Crippen molar-refractivity contribution in [2.45, 2.75) is 13.0 Å². The highest BCUT2D eigenvalue weighted by atomic mass is 79.9. The summed E-state index contributed by atoms with van der Waals surface area (Å²) >= 11 is 3.19. The summed E-state index contributed by atoms with van der Waals surface area (Å²) in [6.45, 7) is 0.490. The molecule has 7 heteroatoms. The molecule has 3 rings (SSSR count). The summed E-state index contributed by atoms with van der Waals surface area (Å²) in [5.41, 5.74) is 8.23. The molecule has 0 aliphatic heterocycles. The molecular weight excluding hydrogens is 372 g/mol. The number of hydrogen-bond acceptors (Lipinski definition) is 6. The molecule has 0 unspecified atom stereocenters. The van der Waals surface area contributed by atoms with Crippen molar-refractivity contribution in [3.63, 3.8) is 0 Å². The third-order valence-electron chi connectivity index (χ3n) is 3.39. The number of nitrogens with zero attached hydrogens (tertiary/aromatic N) is 2. The predicted octanol–water partition coefficient (Wildman–Crippen LogP) is 3.45. The van der Waals surface area contributed by atoms with E-state index in [4.69, 9.17) is 10.2 Å². The molecule has 0 spiro atoms. The van der Waals surface area contributed by atoms with Crippen molar-refractivity contribution < 1.29 is 9.21 Å². The number of anilines is 2. The third-order valence-corrected chi connectivity index (χ3v) is 3.82. The number of nitrogen functional groups attached to an aromatic ring is 1. The minimum atomic E-state index is -0.0812. The molecule has 6 nitrogen and oxygen atoms in total. The summed E-state index contributed by atoms with van der Waals surface area (Å²) in [6, 6.07) is 10.7. The lowest BCUT2D eigenvalue weighted by Crippen LogP contribution is -2.07. The zero-order valence-electron chi connectivity index (χ0n) is 12.7. The minimum absolute atomic E-state index is 0.0812. The van der Waals surface area contributed by atoms with Crippen LogP contribution in [0.5, 0.6) is 0 Å². The van der Waals surface area contributed by atoms with Crippen molar-refractivity contribution in [1.82, 2.24) is 9.97 Å². The van der Waals surface area contributed by atoms with E-state index in [0.717, 1.165) is 16.9 Å². The summed E-state index contributed by atoms with van der Waals surface area (Å²) in [6.07, 6.45) is 3.58. The number of carbonyl (C=O) groups is 1. The average molecular weight is 387 g/mol. The zero-order chi connectivity index (χ0) is 16.9. The minimum Gasteiger partial charge on any atom is -0.446 e. The molecule has 3 aromatic heterocycles. The number of carbonyl (C=O) groups excluding carboxylic acids is 1. The lowest BCUT2D eigenvalue weighted by Gasteiger charge is -2.08. The molecule has 3 N–H and O–H groups in total. The number of ketones is 1. The fraction of sp³-hybridized carbons (Fsp3) is 0.118. The van der Waals surface area contributed by atoms with E-state index in [-0.39, 0.29) is 12.2 Å². The highest BCUT2D eigenvalue weighted by molar-refractivity contribution is 9.10. The zero-order valence-corrected chi connectivity index (χ0v) is 14.3.